The van der Waals surface area contributed by atoms with E-state index in [-0.39, 0.29) is 24.5 Å². The first-order valence-electron chi connectivity index (χ1n) is 12.2. The van der Waals surface area contributed by atoms with Gasteiger partial charge in [-0.2, -0.15) is 23.4 Å². The highest BCUT2D eigenvalue weighted by molar-refractivity contribution is 5.93. The Morgan fingerprint density at radius 1 is 1.10 bits per heavy atom. The van der Waals surface area contributed by atoms with Crippen molar-refractivity contribution in [1.29, 1.82) is 0 Å². The van der Waals surface area contributed by atoms with E-state index < -0.39 is 24.2 Å². The number of carbonyl (C=O) groups excluding carboxylic acids is 1. The van der Waals surface area contributed by atoms with Crippen LogP contribution < -0.4 is 14.8 Å². The molecule has 1 aliphatic rings. The quantitative estimate of drug-likeness (QED) is 0.354. The Hall–Kier alpha value is -4.48. The van der Waals surface area contributed by atoms with E-state index in [1.54, 1.807) is 36.1 Å². The van der Waals surface area contributed by atoms with Gasteiger partial charge >= 0.3 is 6.18 Å². The maximum atomic E-state index is 14.1. The summed E-state index contributed by atoms with van der Waals surface area (Å²) in [6.07, 6.45) is -1.37. The molecule has 1 aliphatic heterocycles. The van der Waals surface area contributed by atoms with E-state index >= 15 is 0 Å². The normalized spacial score (nSPS) is 16.8. The van der Waals surface area contributed by atoms with Crippen molar-refractivity contribution in [2.75, 3.05) is 26.6 Å². The van der Waals surface area contributed by atoms with Gasteiger partial charge in [0.05, 0.1) is 25.9 Å². The minimum atomic E-state index is -4.57. The molecule has 0 aliphatic carbocycles. The number of alkyl halides is 3. The molecule has 1 amide bonds. The Kier molecular flexibility index (Phi) is 6.94. The highest BCUT2D eigenvalue weighted by Gasteiger charge is 2.47. The minimum Gasteiger partial charge on any atom is -0.493 e. The van der Waals surface area contributed by atoms with Crippen LogP contribution in [0.15, 0.2) is 67.0 Å². The summed E-state index contributed by atoms with van der Waals surface area (Å²) in [5.41, 5.74) is 2.24. The van der Waals surface area contributed by atoms with Gasteiger partial charge in [0.15, 0.2) is 23.2 Å². The van der Waals surface area contributed by atoms with Crippen LogP contribution in [0.4, 0.5) is 19.0 Å². The molecule has 1 N–H and O–H groups in total. The number of fused-ring (bicyclic) bond motifs is 1. The number of amides is 1. The summed E-state index contributed by atoms with van der Waals surface area (Å²) in [5.74, 6) is 0.512. The molecule has 2 aromatic heterocycles. The van der Waals surface area contributed by atoms with E-state index in [4.69, 9.17) is 9.47 Å². The largest absolute Gasteiger partial charge is 0.493 e. The lowest BCUT2D eigenvalue weighted by atomic mass is 9.96. The molecule has 0 radical (unpaired) electrons. The van der Waals surface area contributed by atoms with Crippen molar-refractivity contribution in [3.8, 4) is 17.2 Å². The van der Waals surface area contributed by atoms with E-state index in [0.717, 1.165) is 15.9 Å². The Morgan fingerprint density at radius 3 is 2.49 bits per heavy atom. The highest BCUT2D eigenvalue weighted by Crippen LogP contribution is 2.44. The monoisotopic (exact) mass is 540 g/mol. The number of hydrogen-bond acceptors (Lipinski definition) is 6. The highest BCUT2D eigenvalue weighted by atomic mass is 19.4. The summed E-state index contributed by atoms with van der Waals surface area (Å²) in [4.78, 5) is 14.6. The van der Waals surface area contributed by atoms with Crippen molar-refractivity contribution in [2.45, 2.75) is 31.2 Å². The van der Waals surface area contributed by atoms with Crippen molar-refractivity contribution in [3.63, 3.8) is 0 Å². The molecule has 5 rings (SSSR count). The lowest BCUT2D eigenvalue weighted by molar-refractivity contribution is -0.173. The fourth-order valence-corrected chi connectivity index (χ4v) is 4.68. The number of anilines is 1. The molecule has 0 saturated heterocycles. The zero-order chi connectivity index (χ0) is 27.7. The number of carbonyl (C=O) groups is 1. The molecular formula is C27H27F3N6O3. The molecule has 39 heavy (non-hydrogen) atoms. The van der Waals surface area contributed by atoms with Gasteiger partial charge in [0, 0.05) is 38.5 Å². The molecule has 0 saturated carbocycles. The fraction of sp³-hybridized carbons (Fsp3) is 0.296. The topological polar surface area (TPSA) is 86.4 Å². The minimum absolute atomic E-state index is 0.0737. The van der Waals surface area contributed by atoms with E-state index in [9.17, 15) is 18.0 Å². The van der Waals surface area contributed by atoms with Crippen LogP contribution in [0.2, 0.25) is 0 Å². The number of ether oxygens (including phenoxy) is 2. The second kappa shape index (κ2) is 10.4. The lowest BCUT2D eigenvalue weighted by Crippen LogP contribution is -2.35. The number of nitrogens with one attached hydrogen (secondary N) is 1. The molecule has 204 valence electrons. The average molecular weight is 541 g/mol. The number of hydrogen-bond donors (Lipinski definition) is 1. The van der Waals surface area contributed by atoms with Gasteiger partial charge in [-0.3, -0.25) is 4.79 Å². The summed E-state index contributed by atoms with van der Waals surface area (Å²) in [6.45, 7) is 0.255. The van der Waals surface area contributed by atoms with E-state index in [1.165, 1.54) is 25.2 Å². The van der Waals surface area contributed by atoms with Crippen molar-refractivity contribution in [1.82, 2.24) is 24.5 Å². The molecule has 0 fully saturated rings. The van der Waals surface area contributed by atoms with Crippen molar-refractivity contribution < 1.29 is 27.4 Å². The Bertz CT molecular complexity index is 1450. The molecule has 2 aromatic carbocycles. The van der Waals surface area contributed by atoms with Crippen LogP contribution >= 0.6 is 0 Å². The summed E-state index contributed by atoms with van der Waals surface area (Å²) in [5, 5.41) is 11.4. The third-order valence-electron chi connectivity index (χ3n) is 6.69. The molecule has 3 heterocycles. The predicted molar refractivity (Wildman–Crippen MR) is 137 cm³/mol. The average Bonchev–Trinajstić information content (AvgIpc) is 3.62. The van der Waals surface area contributed by atoms with Gasteiger partial charge in [-0.1, -0.05) is 18.2 Å². The smallest absolute Gasteiger partial charge is 0.410 e. The molecule has 0 bridgehead atoms. The maximum absolute atomic E-state index is 14.1. The van der Waals surface area contributed by atoms with E-state index in [0.29, 0.717) is 17.1 Å². The van der Waals surface area contributed by atoms with Gasteiger partial charge < -0.3 is 19.7 Å². The van der Waals surface area contributed by atoms with Crippen molar-refractivity contribution >= 4 is 11.7 Å². The van der Waals surface area contributed by atoms with Gasteiger partial charge in [0.1, 0.15) is 5.82 Å². The molecular weight excluding hydrogens is 513 g/mol. The number of benzene rings is 2. The second-order valence-electron chi connectivity index (χ2n) is 9.24. The molecule has 12 heteroatoms. The molecule has 2 atom stereocenters. The van der Waals surface area contributed by atoms with Crippen LogP contribution in [0, 0.1) is 0 Å². The standard InChI is InChI=1S/C27H27F3N6O3/c1-34(16-17-5-8-19(9-6-17)35-12-4-11-31-35)26(37)21-15-25-32-20(14-24(27(28,29)30)36(25)33-21)18-7-10-22(38-2)23(13-18)39-3/h4-13,15,20,24,32H,14,16H2,1-3H3/t20-,24+/m0/s1. The first kappa shape index (κ1) is 26.1. The Balaban J connectivity index is 1.37. The number of halogens is 3. The summed E-state index contributed by atoms with van der Waals surface area (Å²) >= 11 is 0. The zero-order valence-corrected chi connectivity index (χ0v) is 21.5. The van der Waals surface area contributed by atoms with Gasteiger partial charge in [0.2, 0.25) is 0 Å². The van der Waals surface area contributed by atoms with Crippen LogP contribution in [-0.2, 0) is 6.54 Å². The third-order valence-corrected chi connectivity index (χ3v) is 6.69. The van der Waals surface area contributed by atoms with Crippen LogP contribution in [0.5, 0.6) is 11.5 Å². The predicted octanol–water partition coefficient (Wildman–Crippen LogP) is 5.02. The van der Waals surface area contributed by atoms with Crippen LogP contribution in [-0.4, -0.2) is 57.8 Å². The lowest BCUT2D eigenvalue weighted by Gasteiger charge is -2.33. The SMILES string of the molecule is COc1ccc([C@@H]2C[C@H](C(F)(F)F)n3nc(C(=O)N(C)Cc4ccc(-n5cccn5)cc4)cc3N2)cc1OC. The second-order valence-corrected chi connectivity index (χ2v) is 9.24. The molecule has 0 unspecified atom stereocenters. The summed E-state index contributed by atoms with van der Waals surface area (Å²) in [7, 11) is 4.54. The number of nitrogens with zero attached hydrogens (tertiary/aromatic N) is 5. The van der Waals surface area contributed by atoms with Gasteiger partial charge in [-0.25, -0.2) is 9.36 Å². The van der Waals surface area contributed by atoms with Crippen LogP contribution in [0.25, 0.3) is 5.69 Å². The molecule has 4 aromatic rings. The fourth-order valence-electron chi connectivity index (χ4n) is 4.68. The van der Waals surface area contributed by atoms with Crippen molar-refractivity contribution in [3.05, 3.63) is 83.8 Å². The molecule has 0 spiro atoms. The van der Waals surface area contributed by atoms with Gasteiger partial charge in [0.25, 0.3) is 5.91 Å². The van der Waals surface area contributed by atoms with Crippen LogP contribution in [0.3, 0.4) is 0 Å². The first-order chi connectivity index (χ1) is 18.7. The number of rotatable bonds is 7. The van der Waals surface area contributed by atoms with Gasteiger partial charge in [-0.15, -0.1) is 0 Å². The Morgan fingerprint density at radius 2 is 1.85 bits per heavy atom. The number of methoxy groups -OCH3 is 2. The zero-order valence-electron chi connectivity index (χ0n) is 21.5. The third kappa shape index (κ3) is 5.27. The van der Waals surface area contributed by atoms with E-state index in [1.807, 2.05) is 36.5 Å². The maximum Gasteiger partial charge on any atom is 0.410 e. The molecule has 9 nitrogen and oxygen atoms in total. The first-order valence-corrected chi connectivity index (χ1v) is 12.2. The van der Waals surface area contributed by atoms with E-state index in [2.05, 4.69) is 15.5 Å². The van der Waals surface area contributed by atoms with Gasteiger partial charge in [-0.05, 0) is 41.5 Å². The van der Waals surface area contributed by atoms with Crippen molar-refractivity contribution in [2.24, 2.45) is 0 Å². The summed E-state index contributed by atoms with van der Waals surface area (Å²) in [6, 6.07) is 13.1. The Labute approximate surface area is 222 Å². The number of aromatic nitrogens is 4. The summed E-state index contributed by atoms with van der Waals surface area (Å²) < 4.78 is 55.5. The van der Waals surface area contributed by atoms with Crippen LogP contribution in [0.1, 0.15) is 40.1 Å².